The number of rotatable bonds is 1. The lowest BCUT2D eigenvalue weighted by Gasteiger charge is -2.47. The van der Waals surface area contributed by atoms with Crippen molar-refractivity contribution in [3.8, 4) is 18.4 Å². The minimum absolute atomic E-state index is 0.271. The zero-order valence-electron chi connectivity index (χ0n) is 11.4. The van der Waals surface area contributed by atoms with Crippen LogP contribution >= 0.6 is 0 Å². The molecule has 0 aromatic carbocycles. The largest absolute Gasteiger partial charge is 0.351 e. The maximum absolute atomic E-state index is 9.15. The molecule has 0 aliphatic carbocycles. The predicted molar refractivity (Wildman–Crippen MR) is 75.9 cm³/mol. The first kappa shape index (κ1) is 12.9. The molecular weight excluding hydrogens is 250 g/mol. The fourth-order valence-electron chi connectivity index (χ4n) is 3.26. The van der Waals surface area contributed by atoms with Gasteiger partial charge in [-0.2, -0.15) is 5.26 Å². The number of hydrogen-bond donors (Lipinski definition) is 0. The van der Waals surface area contributed by atoms with Gasteiger partial charge in [0.1, 0.15) is 6.07 Å². The van der Waals surface area contributed by atoms with Crippen LogP contribution in [0.25, 0.3) is 0 Å². The van der Waals surface area contributed by atoms with Gasteiger partial charge in [-0.15, -0.1) is 6.42 Å². The van der Waals surface area contributed by atoms with Gasteiger partial charge in [0.2, 0.25) is 0 Å². The van der Waals surface area contributed by atoms with Gasteiger partial charge in [0.25, 0.3) is 0 Å². The molecule has 3 rings (SSSR count). The molecule has 1 unspecified atom stereocenters. The van der Waals surface area contributed by atoms with E-state index in [4.69, 9.17) is 11.7 Å². The molecular formula is C15H17N5. The normalized spacial score (nSPS) is 26.4. The summed E-state index contributed by atoms with van der Waals surface area (Å²) in [6.45, 7) is 2.66. The highest BCUT2D eigenvalue weighted by atomic mass is 15.3. The Balaban J connectivity index is 1.80. The van der Waals surface area contributed by atoms with Crippen LogP contribution in [-0.4, -0.2) is 46.6 Å². The summed E-state index contributed by atoms with van der Waals surface area (Å²) in [5, 5.41) is 9.15. The highest BCUT2D eigenvalue weighted by Crippen LogP contribution is 2.28. The Kier molecular flexibility index (Phi) is 3.54. The van der Waals surface area contributed by atoms with Crippen LogP contribution < -0.4 is 4.90 Å². The number of nitriles is 1. The van der Waals surface area contributed by atoms with E-state index in [1.807, 2.05) is 0 Å². The molecule has 1 aromatic heterocycles. The highest BCUT2D eigenvalue weighted by Gasteiger charge is 2.35. The second kappa shape index (κ2) is 5.48. The maximum Gasteiger partial charge on any atom is 0.183 e. The summed E-state index contributed by atoms with van der Waals surface area (Å²) in [5.74, 6) is 3.61. The molecule has 0 spiro atoms. The Morgan fingerprint density at radius 2 is 2.10 bits per heavy atom. The lowest BCUT2D eigenvalue weighted by Crippen LogP contribution is -2.58. The van der Waals surface area contributed by atoms with Crippen molar-refractivity contribution in [3.05, 3.63) is 18.1 Å². The SMILES string of the molecule is C#CC1CCC[C@H]2CN(c3nccnc3C#N)CCN12. The first-order valence-electron chi connectivity index (χ1n) is 7.01. The molecule has 1 aromatic rings. The van der Waals surface area contributed by atoms with E-state index < -0.39 is 0 Å². The van der Waals surface area contributed by atoms with Gasteiger partial charge in [-0.3, -0.25) is 4.90 Å². The number of piperidine rings is 1. The van der Waals surface area contributed by atoms with E-state index in [-0.39, 0.29) is 6.04 Å². The Hall–Kier alpha value is -2.11. The molecule has 5 nitrogen and oxygen atoms in total. The fourth-order valence-corrected chi connectivity index (χ4v) is 3.26. The number of hydrogen-bond acceptors (Lipinski definition) is 5. The lowest BCUT2D eigenvalue weighted by molar-refractivity contribution is 0.100. The Morgan fingerprint density at radius 1 is 1.25 bits per heavy atom. The molecule has 0 bridgehead atoms. The average molecular weight is 267 g/mol. The number of anilines is 1. The molecule has 2 saturated heterocycles. The van der Waals surface area contributed by atoms with Crippen LogP contribution in [0.3, 0.4) is 0 Å². The van der Waals surface area contributed by atoms with Gasteiger partial charge in [-0.05, 0) is 19.3 Å². The van der Waals surface area contributed by atoms with Crippen LogP contribution in [0.5, 0.6) is 0 Å². The van der Waals surface area contributed by atoms with Crippen LogP contribution in [-0.2, 0) is 0 Å². The van der Waals surface area contributed by atoms with Crippen molar-refractivity contribution in [2.45, 2.75) is 31.3 Å². The van der Waals surface area contributed by atoms with E-state index in [2.05, 4.69) is 31.8 Å². The van der Waals surface area contributed by atoms with Gasteiger partial charge in [-0.25, -0.2) is 9.97 Å². The summed E-state index contributed by atoms with van der Waals surface area (Å²) in [4.78, 5) is 13.0. The van der Waals surface area contributed by atoms with Gasteiger partial charge >= 0.3 is 0 Å². The molecule has 0 radical (unpaired) electrons. The van der Waals surface area contributed by atoms with E-state index in [0.29, 0.717) is 17.6 Å². The van der Waals surface area contributed by atoms with Crippen molar-refractivity contribution in [3.63, 3.8) is 0 Å². The smallest absolute Gasteiger partial charge is 0.183 e. The third-order valence-electron chi connectivity index (χ3n) is 4.22. The summed E-state index contributed by atoms with van der Waals surface area (Å²) in [7, 11) is 0. The minimum Gasteiger partial charge on any atom is -0.351 e. The monoisotopic (exact) mass is 267 g/mol. The molecule has 2 fully saturated rings. The molecule has 20 heavy (non-hydrogen) atoms. The van der Waals surface area contributed by atoms with E-state index in [9.17, 15) is 0 Å². The number of nitrogens with zero attached hydrogens (tertiary/aromatic N) is 5. The van der Waals surface area contributed by atoms with Crippen LogP contribution in [0.1, 0.15) is 25.0 Å². The quantitative estimate of drug-likeness (QED) is 0.711. The zero-order chi connectivity index (χ0) is 13.9. The Labute approximate surface area is 119 Å². The molecule has 0 N–H and O–H groups in total. The van der Waals surface area contributed by atoms with E-state index in [0.717, 1.165) is 32.5 Å². The lowest BCUT2D eigenvalue weighted by atomic mass is 9.93. The number of piperazine rings is 1. The molecule has 0 amide bonds. The number of terminal acetylenes is 1. The van der Waals surface area contributed by atoms with Gasteiger partial charge in [-0.1, -0.05) is 5.92 Å². The second-order valence-electron chi connectivity index (χ2n) is 5.29. The van der Waals surface area contributed by atoms with Gasteiger partial charge < -0.3 is 4.90 Å². The molecule has 5 heteroatoms. The summed E-state index contributed by atoms with van der Waals surface area (Å²) < 4.78 is 0. The van der Waals surface area contributed by atoms with E-state index in [1.165, 1.54) is 6.42 Å². The molecule has 0 saturated carbocycles. The van der Waals surface area contributed by atoms with Crippen LogP contribution in [0.15, 0.2) is 12.4 Å². The molecule has 3 heterocycles. The number of aromatic nitrogens is 2. The van der Waals surface area contributed by atoms with Crippen molar-refractivity contribution in [2.75, 3.05) is 24.5 Å². The summed E-state index contributed by atoms with van der Waals surface area (Å²) in [6.07, 6.45) is 12.3. The zero-order valence-corrected chi connectivity index (χ0v) is 11.4. The van der Waals surface area contributed by atoms with Gasteiger partial charge in [0.15, 0.2) is 11.5 Å². The average Bonchev–Trinajstić information content (AvgIpc) is 2.53. The standard InChI is InChI=1S/C15H17N5/c1-2-12-4-3-5-13-11-19(8-9-20(12)13)15-14(10-16)17-6-7-18-15/h1,6-7,12-13H,3-5,8-9,11H2/t12?,13-/m0/s1. The van der Waals surface area contributed by atoms with Crippen LogP contribution in [0.2, 0.25) is 0 Å². The first-order valence-corrected chi connectivity index (χ1v) is 7.01. The van der Waals surface area contributed by atoms with Crippen molar-refractivity contribution < 1.29 is 0 Å². The van der Waals surface area contributed by atoms with Crippen LogP contribution in [0, 0.1) is 23.7 Å². The highest BCUT2D eigenvalue weighted by molar-refractivity contribution is 5.50. The first-order chi connectivity index (χ1) is 9.83. The number of fused-ring (bicyclic) bond motifs is 1. The molecule has 2 aliphatic heterocycles. The molecule has 2 aliphatic rings. The maximum atomic E-state index is 9.15. The van der Waals surface area contributed by atoms with Crippen molar-refractivity contribution in [1.29, 1.82) is 5.26 Å². The Morgan fingerprint density at radius 3 is 2.90 bits per heavy atom. The van der Waals surface area contributed by atoms with Crippen LogP contribution in [0.4, 0.5) is 5.82 Å². The third kappa shape index (κ3) is 2.21. The summed E-state index contributed by atoms with van der Waals surface area (Å²) in [5.41, 5.74) is 0.408. The van der Waals surface area contributed by atoms with Crippen molar-refractivity contribution in [1.82, 2.24) is 14.9 Å². The predicted octanol–water partition coefficient (Wildman–Crippen LogP) is 1.02. The fraction of sp³-hybridized carbons (Fsp3) is 0.533. The van der Waals surface area contributed by atoms with E-state index >= 15 is 0 Å². The van der Waals surface area contributed by atoms with Gasteiger partial charge in [0.05, 0.1) is 6.04 Å². The second-order valence-corrected chi connectivity index (χ2v) is 5.29. The summed E-state index contributed by atoms with van der Waals surface area (Å²) >= 11 is 0. The molecule has 2 atom stereocenters. The Bertz CT molecular complexity index is 570. The topological polar surface area (TPSA) is 56.1 Å². The van der Waals surface area contributed by atoms with Crippen molar-refractivity contribution >= 4 is 5.82 Å². The minimum atomic E-state index is 0.271. The summed E-state index contributed by atoms with van der Waals surface area (Å²) in [6, 6.07) is 2.86. The van der Waals surface area contributed by atoms with Crippen molar-refractivity contribution in [2.24, 2.45) is 0 Å². The van der Waals surface area contributed by atoms with Gasteiger partial charge in [0, 0.05) is 38.1 Å². The van der Waals surface area contributed by atoms with E-state index in [1.54, 1.807) is 12.4 Å². The third-order valence-corrected chi connectivity index (χ3v) is 4.22. The molecule has 102 valence electrons.